The topological polar surface area (TPSA) is 81.5 Å². The summed E-state index contributed by atoms with van der Waals surface area (Å²) in [5, 5.41) is 13.4. The Kier molecular flexibility index (Phi) is 7.28. The second-order valence-electron chi connectivity index (χ2n) is 5.83. The third-order valence-electron chi connectivity index (χ3n) is 3.53. The minimum atomic E-state index is -4.36. The minimum absolute atomic E-state index is 0.0677. The van der Waals surface area contributed by atoms with E-state index >= 15 is 0 Å². The van der Waals surface area contributed by atoms with Crippen molar-refractivity contribution >= 4 is 17.7 Å². The van der Waals surface area contributed by atoms with Crippen LogP contribution in [0.25, 0.3) is 6.08 Å². The smallest absolute Gasteiger partial charge is 0.367 e. The van der Waals surface area contributed by atoms with E-state index in [9.17, 15) is 28.1 Å². The Morgan fingerprint density at radius 3 is 2.46 bits per heavy atom. The molecule has 2 aromatic rings. The van der Waals surface area contributed by atoms with Gasteiger partial charge in [-0.3, -0.25) is 14.9 Å². The maximum absolute atomic E-state index is 12.0. The zero-order chi connectivity index (χ0) is 20.6. The van der Waals surface area contributed by atoms with E-state index in [-0.39, 0.29) is 24.7 Å². The van der Waals surface area contributed by atoms with Gasteiger partial charge in [-0.2, -0.15) is 13.2 Å². The molecule has 0 atom stereocenters. The van der Waals surface area contributed by atoms with Crippen molar-refractivity contribution in [2.45, 2.75) is 19.3 Å². The summed E-state index contributed by atoms with van der Waals surface area (Å²) in [5.41, 5.74) is 1.80. The first-order chi connectivity index (χ1) is 13.2. The Labute approximate surface area is 158 Å². The number of rotatable bonds is 8. The van der Waals surface area contributed by atoms with E-state index in [0.29, 0.717) is 11.1 Å². The van der Waals surface area contributed by atoms with Crippen LogP contribution in [0.4, 0.5) is 18.9 Å². The average molecular weight is 394 g/mol. The van der Waals surface area contributed by atoms with Crippen LogP contribution in [0.5, 0.6) is 0 Å². The quantitative estimate of drug-likeness (QED) is 0.417. The highest BCUT2D eigenvalue weighted by molar-refractivity contribution is 5.91. The Morgan fingerprint density at radius 2 is 1.82 bits per heavy atom. The van der Waals surface area contributed by atoms with Gasteiger partial charge in [-0.25, -0.2) is 0 Å². The van der Waals surface area contributed by atoms with Crippen LogP contribution in [0.2, 0.25) is 0 Å². The minimum Gasteiger partial charge on any atom is -0.367 e. The fourth-order valence-corrected chi connectivity index (χ4v) is 2.20. The lowest BCUT2D eigenvalue weighted by atomic mass is 10.1. The summed E-state index contributed by atoms with van der Waals surface area (Å²) in [6.07, 6.45) is -1.63. The van der Waals surface area contributed by atoms with Crippen molar-refractivity contribution in [1.82, 2.24) is 5.32 Å². The SMILES string of the molecule is O=C(/C=C/c1cccc([N+](=O)[O-])c1)NCc1ccc(COCC(F)(F)F)cc1. The van der Waals surface area contributed by atoms with Gasteiger partial charge in [0.1, 0.15) is 6.61 Å². The molecule has 0 saturated heterocycles. The van der Waals surface area contributed by atoms with Gasteiger partial charge < -0.3 is 10.1 Å². The number of hydrogen-bond donors (Lipinski definition) is 1. The summed E-state index contributed by atoms with van der Waals surface area (Å²) in [5.74, 6) is -0.385. The fraction of sp³-hybridized carbons (Fsp3) is 0.211. The van der Waals surface area contributed by atoms with Crippen LogP contribution in [-0.4, -0.2) is 23.6 Å². The number of alkyl halides is 3. The fourth-order valence-electron chi connectivity index (χ4n) is 2.20. The average Bonchev–Trinajstić information content (AvgIpc) is 2.65. The molecule has 0 spiro atoms. The molecule has 1 amide bonds. The third kappa shape index (κ3) is 7.58. The summed E-state index contributed by atoms with van der Waals surface area (Å²) in [4.78, 5) is 22.1. The number of benzene rings is 2. The predicted octanol–water partition coefficient (Wildman–Crippen LogP) is 4.00. The number of nitro benzene ring substituents is 1. The van der Waals surface area contributed by atoms with Crippen LogP contribution in [0.1, 0.15) is 16.7 Å². The molecule has 0 aliphatic carbocycles. The molecule has 0 unspecified atom stereocenters. The molecule has 28 heavy (non-hydrogen) atoms. The molecule has 0 saturated carbocycles. The lowest BCUT2D eigenvalue weighted by Gasteiger charge is -2.08. The van der Waals surface area contributed by atoms with E-state index in [1.165, 1.54) is 30.4 Å². The number of hydrogen-bond acceptors (Lipinski definition) is 4. The summed E-state index contributed by atoms with van der Waals surface area (Å²) in [7, 11) is 0. The Balaban J connectivity index is 1.81. The number of nitrogens with zero attached hydrogens (tertiary/aromatic N) is 1. The molecule has 0 aliphatic heterocycles. The number of nitro groups is 1. The molecule has 0 radical (unpaired) electrons. The van der Waals surface area contributed by atoms with Gasteiger partial charge in [-0.05, 0) is 22.8 Å². The van der Waals surface area contributed by atoms with Gasteiger partial charge in [0, 0.05) is 24.8 Å². The Morgan fingerprint density at radius 1 is 1.14 bits per heavy atom. The molecule has 2 rings (SSSR count). The number of ether oxygens (including phenoxy) is 1. The number of halogens is 3. The lowest BCUT2D eigenvalue weighted by molar-refractivity contribution is -0.384. The number of non-ortho nitro benzene ring substituents is 1. The molecule has 0 aliphatic rings. The predicted molar refractivity (Wildman–Crippen MR) is 96.1 cm³/mol. The number of carbonyl (C=O) groups excluding carboxylic acids is 1. The molecule has 2 aromatic carbocycles. The van der Waals surface area contributed by atoms with E-state index in [2.05, 4.69) is 10.1 Å². The highest BCUT2D eigenvalue weighted by atomic mass is 19.4. The maximum atomic E-state index is 12.0. The van der Waals surface area contributed by atoms with Gasteiger partial charge in [0.05, 0.1) is 11.5 Å². The van der Waals surface area contributed by atoms with Crippen molar-refractivity contribution < 1.29 is 27.6 Å². The maximum Gasteiger partial charge on any atom is 0.411 e. The Hall–Kier alpha value is -3.20. The van der Waals surface area contributed by atoms with Gasteiger partial charge in [0.25, 0.3) is 5.69 Å². The van der Waals surface area contributed by atoms with E-state index in [4.69, 9.17) is 0 Å². The molecular weight excluding hydrogens is 377 g/mol. The second-order valence-corrected chi connectivity index (χ2v) is 5.83. The summed E-state index contributed by atoms with van der Waals surface area (Å²) in [6, 6.07) is 12.5. The van der Waals surface area contributed by atoms with Crippen molar-refractivity contribution in [3.05, 3.63) is 81.4 Å². The lowest BCUT2D eigenvalue weighted by Crippen LogP contribution is -2.20. The van der Waals surface area contributed by atoms with Crippen molar-refractivity contribution in [1.29, 1.82) is 0 Å². The molecule has 0 heterocycles. The first-order valence-electron chi connectivity index (χ1n) is 8.15. The summed E-state index contributed by atoms with van der Waals surface area (Å²) in [6.45, 7) is -1.23. The number of carbonyl (C=O) groups is 1. The van der Waals surface area contributed by atoms with Crippen LogP contribution in [0.15, 0.2) is 54.6 Å². The zero-order valence-electron chi connectivity index (χ0n) is 14.6. The van der Waals surface area contributed by atoms with Gasteiger partial charge in [-0.15, -0.1) is 0 Å². The van der Waals surface area contributed by atoms with Crippen LogP contribution in [0.3, 0.4) is 0 Å². The zero-order valence-corrected chi connectivity index (χ0v) is 14.6. The monoisotopic (exact) mass is 394 g/mol. The van der Waals surface area contributed by atoms with Gasteiger partial charge in [-0.1, -0.05) is 36.4 Å². The number of nitrogens with one attached hydrogen (secondary N) is 1. The van der Waals surface area contributed by atoms with Crippen LogP contribution in [0, 0.1) is 10.1 Å². The highest BCUT2D eigenvalue weighted by Crippen LogP contribution is 2.16. The van der Waals surface area contributed by atoms with Crippen LogP contribution >= 0.6 is 0 Å². The number of amides is 1. The molecule has 9 heteroatoms. The summed E-state index contributed by atoms with van der Waals surface area (Å²) >= 11 is 0. The normalized spacial score (nSPS) is 11.5. The van der Waals surface area contributed by atoms with E-state index in [0.717, 1.165) is 5.56 Å². The van der Waals surface area contributed by atoms with Gasteiger partial charge >= 0.3 is 6.18 Å². The van der Waals surface area contributed by atoms with Crippen LogP contribution < -0.4 is 5.32 Å². The standard InChI is InChI=1S/C19H17F3N2O4/c20-19(21,22)13-28-12-16-6-4-15(5-7-16)11-23-18(25)9-8-14-2-1-3-17(10-14)24(26)27/h1-10H,11-13H2,(H,23,25)/b9-8+. The molecule has 1 N–H and O–H groups in total. The van der Waals surface area contributed by atoms with Gasteiger partial charge in [0.2, 0.25) is 5.91 Å². The molecule has 148 valence electrons. The van der Waals surface area contributed by atoms with Crippen molar-refractivity contribution in [2.75, 3.05) is 6.61 Å². The van der Waals surface area contributed by atoms with Crippen molar-refractivity contribution in [3.8, 4) is 0 Å². The molecule has 0 fully saturated rings. The molecule has 0 bridgehead atoms. The van der Waals surface area contributed by atoms with Crippen molar-refractivity contribution in [2.24, 2.45) is 0 Å². The molecule has 6 nitrogen and oxygen atoms in total. The highest BCUT2D eigenvalue weighted by Gasteiger charge is 2.27. The Bertz CT molecular complexity index is 849. The first-order valence-corrected chi connectivity index (χ1v) is 8.15. The van der Waals surface area contributed by atoms with Crippen molar-refractivity contribution in [3.63, 3.8) is 0 Å². The van der Waals surface area contributed by atoms with E-state index in [1.54, 1.807) is 30.3 Å². The molecular formula is C19H17F3N2O4. The first kappa shape index (κ1) is 21.1. The second kappa shape index (κ2) is 9.65. The summed E-state index contributed by atoms with van der Waals surface area (Å²) < 4.78 is 40.6. The third-order valence-corrected chi connectivity index (χ3v) is 3.53. The van der Waals surface area contributed by atoms with E-state index < -0.39 is 17.7 Å². The van der Waals surface area contributed by atoms with E-state index in [1.807, 2.05) is 0 Å². The van der Waals surface area contributed by atoms with Crippen LogP contribution in [-0.2, 0) is 22.7 Å². The molecule has 0 aromatic heterocycles. The van der Waals surface area contributed by atoms with Gasteiger partial charge in [0.15, 0.2) is 0 Å². The largest absolute Gasteiger partial charge is 0.411 e.